The molecule has 0 nitrogen and oxygen atoms in total. The van der Waals surface area contributed by atoms with Crippen LogP contribution in [0.4, 0.5) is 0 Å². The summed E-state index contributed by atoms with van der Waals surface area (Å²) < 4.78 is 0. The molecule has 17 heavy (non-hydrogen) atoms. The van der Waals surface area contributed by atoms with Gasteiger partial charge < -0.3 is 0 Å². The average molecular weight is 263 g/mol. The van der Waals surface area contributed by atoms with Crippen molar-refractivity contribution in [2.75, 3.05) is 0 Å². The summed E-state index contributed by atoms with van der Waals surface area (Å²) in [5.74, 6) is 0.629. The number of hydrogen-bond acceptors (Lipinski definition) is 0. The van der Waals surface area contributed by atoms with E-state index < -0.39 is 0 Å². The van der Waals surface area contributed by atoms with E-state index in [2.05, 4.69) is 12.1 Å². The molecule has 2 aromatic carbocycles. The molecule has 2 heteroatoms. The molecule has 1 aliphatic rings. The van der Waals surface area contributed by atoms with Crippen LogP contribution in [0.2, 0.25) is 10.0 Å². The van der Waals surface area contributed by atoms with Gasteiger partial charge in [0.25, 0.3) is 0 Å². The Morgan fingerprint density at radius 1 is 0.824 bits per heavy atom. The van der Waals surface area contributed by atoms with Crippen molar-refractivity contribution >= 4 is 23.2 Å². The second-order valence-corrected chi connectivity index (χ2v) is 5.23. The maximum Gasteiger partial charge on any atom is 0.0673 e. The van der Waals surface area contributed by atoms with Crippen LogP contribution in [0.25, 0.3) is 11.1 Å². The quantitative estimate of drug-likeness (QED) is 0.667. The van der Waals surface area contributed by atoms with Crippen molar-refractivity contribution < 1.29 is 0 Å². The summed E-state index contributed by atoms with van der Waals surface area (Å²) in [4.78, 5) is 0. The van der Waals surface area contributed by atoms with Crippen molar-refractivity contribution in [1.82, 2.24) is 0 Å². The maximum absolute atomic E-state index is 6.37. The van der Waals surface area contributed by atoms with Crippen LogP contribution >= 0.6 is 23.2 Å². The van der Waals surface area contributed by atoms with Crippen LogP contribution in [0.15, 0.2) is 42.5 Å². The zero-order valence-corrected chi connectivity index (χ0v) is 10.8. The molecule has 1 aliphatic carbocycles. The Bertz CT molecular complexity index is 542. The van der Waals surface area contributed by atoms with Gasteiger partial charge in [-0.3, -0.25) is 0 Å². The molecule has 0 amide bonds. The second kappa shape index (κ2) is 4.36. The van der Waals surface area contributed by atoms with Gasteiger partial charge in [-0.2, -0.15) is 0 Å². The molecular formula is C15H12Cl2. The van der Waals surface area contributed by atoms with Crippen molar-refractivity contribution in [3.05, 3.63) is 58.1 Å². The smallest absolute Gasteiger partial charge is 0.0673 e. The first kappa shape index (κ1) is 11.1. The average Bonchev–Trinajstić information content (AvgIpc) is 3.18. The van der Waals surface area contributed by atoms with Crippen LogP contribution in [0.5, 0.6) is 0 Å². The van der Waals surface area contributed by atoms with Crippen molar-refractivity contribution in [1.29, 1.82) is 0 Å². The highest BCUT2D eigenvalue weighted by Gasteiger charge is 2.27. The molecule has 1 fully saturated rings. The molecule has 2 aromatic rings. The third kappa shape index (κ3) is 2.08. The Kier molecular flexibility index (Phi) is 2.85. The SMILES string of the molecule is Clc1c(-c2ccccc2)ccc(C2CC2)c1Cl. The van der Waals surface area contributed by atoms with Crippen LogP contribution in [0.3, 0.4) is 0 Å². The molecular weight excluding hydrogens is 251 g/mol. The molecule has 1 saturated carbocycles. The van der Waals surface area contributed by atoms with Crippen LogP contribution < -0.4 is 0 Å². The van der Waals surface area contributed by atoms with Gasteiger partial charge in [-0.1, -0.05) is 65.7 Å². The summed E-state index contributed by atoms with van der Waals surface area (Å²) in [6.45, 7) is 0. The van der Waals surface area contributed by atoms with Crippen LogP contribution in [-0.2, 0) is 0 Å². The number of rotatable bonds is 2. The molecule has 86 valence electrons. The summed E-state index contributed by atoms with van der Waals surface area (Å²) >= 11 is 12.7. The first-order valence-electron chi connectivity index (χ1n) is 5.80. The molecule has 0 atom stereocenters. The van der Waals surface area contributed by atoms with Crippen LogP contribution in [0, 0.1) is 0 Å². The Morgan fingerprint density at radius 3 is 2.18 bits per heavy atom. The standard InChI is InChI=1S/C15H12Cl2/c16-14-12(10-4-2-1-3-5-10)8-9-13(15(14)17)11-6-7-11/h1-5,8-9,11H,6-7H2. The fourth-order valence-electron chi connectivity index (χ4n) is 2.11. The predicted octanol–water partition coefficient (Wildman–Crippen LogP) is 5.54. The summed E-state index contributed by atoms with van der Waals surface area (Å²) in [5, 5.41) is 1.41. The fourth-order valence-corrected chi connectivity index (χ4v) is 2.72. The van der Waals surface area contributed by atoms with Crippen molar-refractivity contribution in [2.24, 2.45) is 0 Å². The molecule has 0 unspecified atom stereocenters. The highest BCUT2D eigenvalue weighted by molar-refractivity contribution is 6.44. The van der Waals surface area contributed by atoms with Crippen LogP contribution in [-0.4, -0.2) is 0 Å². The summed E-state index contributed by atoms with van der Waals surface area (Å²) in [7, 11) is 0. The largest absolute Gasteiger partial charge is 0.0824 e. The first-order chi connectivity index (χ1) is 8.27. The van der Waals surface area contributed by atoms with Gasteiger partial charge in [0.1, 0.15) is 0 Å². The van der Waals surface area contributed by atoms with Gasteiger partial charge in [0.2, 0.25) is 0 Å². The predicted molar refractivity (Wildman–Crippen MR) is 73.9 cm³/mol. The molecule has 0 radical (unpaired) electrons. The Labute approximate surface area is 111 Å². The van der Waals surface area contributed by atoms with Gasteiger partial charge in [0.05, 0.1) is 10.0 Å². The van der Waals surface area contributed by atoms with E-state index in [1.165, 1.54) is 18.4 Å². The third-order valence-corrected chi connectivity index (χ3v) is 4.11. The van der Waals surface area contributed by atoms with Crippen molar-refractivity contribution in [2.45, 2.75) is 18.8 Å². The minimum absolute atomic E-state index is 0.629. The summed E-state index contributed by atoms with van der Waals surface area (Å²) in [6.07, 6.45) is 2.47. The van der Waals surface area contributed by atoms with E-state index in [9.17, 15) is 0 Å². The van der Waals surface area contributed by atoms with E-state index in [0.29, 0.717) is 10.9 Å². The minimum Gasteiger partial charge on any atom is -0.0824 e. The Balaban J connectivity index is 2.10. The van der Waals surface area contributed by atoms with E-state index in [-0.39, 0.29) is 0 Å². The third-order valence-electron chi connectivity index (χ3n) is 3.21. The molecule has 0 saturated heterocycles. The Morgan fingerprint density at radius 2 is 1.53 bits per heavy atom. The zero-order valence-electron chi connectivity index (χ0n) is 9.29. The summed E-state index contributed by atoms with van der Waals surface area (Å²) in [6, 6.07) is 14.3. The second-order valence-electron chi connectivity index (χ2n) is 4.47. The monoisotopic (exact) mass is 262 g/mol. The van der Waals surface area contributed by atoms with Gasteiger partial charge in [0, 0.05) is 5.56 Å². The fraction of sp³-hybridized carbons (Fsp3) is 0.200. The van der Waals surface area contributed by atoms with Gasteiger partial charge in [-0.15, -0.1) is 0 Å². The van der Waals surface area contributed by atoms with Gasteiger partial charge in [-0.25, -0.2) is 0 Å². The summed E-state index contributed by atoms with van der Waals surface area (Å²) in [5.41, 5.74) is 3.33. The van der Waals surface area contributed by atoms with E-state index in [1.54, 1.807) is 0 Å². The van der Waals surface area contributed by atoms with Gasteiger partial charge >= 0.3 is 0 Å². The number of halogens is 2. The normalized spacial score (nSPS) is 14.9. The first-order valence-corrected chi connectivity index (χ1v) is 6.56. The maximum atomic E-state index is 6.37. The molecule has 0 aliphatic heterocycles. The van der Waals surface area contributed by atoms with Crippen LogP contribution in [0.1, 0.15) is 24.3 Å². The minimum atomic E-state index is 0.629. The lowest BCUT2D eigenvalue weighted by atomic mass is 10.0. The molecule has 0 N–H and O–H groups in total. The molecule has 0 heterocycles. The molecule has 0 aromatic heterocycles. The molecule has 0 spiro atoms. The number of hydrogen-bond donors (Lipinski definition) is 0. The van der Waals surface area contributed by atoms with Gasteiger partial charge in [0.15, 0.2) is 0 Å². The number of benzene rings is 2. The van der Waals surface area contributed by atoms with E-state index >= 15 is 0 Å². The van der Waals surface area contributed by atoms with Crippen molar-refractivity contribution in [3.63, 3.8) is 0 Å². The Hall–Kier alpha value is -0.980. The van der Waals surface area contributed by atoms with Gasteiger partial charge in [-0.05, 0) is 29.9 Å². The zero-order chi connectivity index (χ0) is 11.8. The molecule has 0 bridgehead atoms. The topological polar surface area (TPSA) is 0 Å². The lowest BCUT2D eigenvalue weighted by Gasteiger charge is -2.10. The molecule has 3 rings (SSSR count). The highest BCUT2D eigenvalue weighted by atomic mass is 35.5. The van der Waals surface area contributed by atoms with E-state index in [0.717, 1.165) is 16.1 Å². The van der Waals surface area contributed by atoms with Crippen molar-refractivity contribution in [3.8, 4) is 11.1 Å². The lowest BCUT2D eigenvalue weighted by molar-refractivity contribution is 1.13. The van der Waals surface area contributed by atoms with E-state index in [4.69, 9.17) is 23.2 Å². The highest BCUT2D eigenvalue weighted by Crippen LogP contribution is 2.47. The lowest BCUT2D eigenvalue weighted by Crippen LogP contribution is -1.86. The van der Waals surface area contributed by atoms with E-state index in [1.807, 2.05) is 30.3 Å².